The SMILES string of the molecule is Fc1c(F)c(F)c(-c2ccc(S)cc2)c(F)c1F. The maximum atomic E-state index is 13.4. The van der Waals surface area contributed by atoms with Crippen LogP contribution in [0.1, 0.15) is 0 Å². The van der Waals surface area contributed by atoms with Crippen molar-refractivity contribution < 1.29 is 22.0 Å². The Morgan fingerprint density at radius 1 is 0.611 bits per heavy atom. The van der Waals surface area contributed by atoms with E-state index in [0.717, 1.165) is 0 Å². The quantitative estimate of drug-likeness (QED) is 0.340. The summed E-state index contributed by atoms with van der Waals surface area (Å²) in [5.74, 6) is -9.78. The second-order valence-electron chi connectivity index (χ2n) is 3.49. The van der Waals surface area contributed by atoms with Crippen LogP contribution in [0.3, 0.4) is 0 Å². The molecule has 0 nitrogen and oxygen atoms in total. The monoisotopic (exact) mass is 276 g/mol. The van der Waals surface area contributed by atoms with Crippen molar-refractivity contribution >= 4 is 12.6 Å². The summed E-state index contributed by atoms with van der Waals surface area (Å²) in [5.41, 5.74) is -1.06. The van der Waals surface area contributed by atoms with Gasteiger partial charge >= 0.3 is 0 Å². The Kier molecular flexibility index (Phi) is 3.30. The molecule has 0 spiro atoms. The molecule has 0 heterocycles. The molecule has 0 atom stereocenters. The Bertz CT molecular complexity index is 578. The fourth-order valence-electron chi connectivity index (χ4n) is 1.49. The maximum absolute atomic E-state index is 13.4. The highest BCUT2D eigenvalue weighted by Gasteiger charge is 2.26. The highest BCUT2D eigenvalue weighted by Crippen LogP contribution is 2.31. The molecule has 0 amide bonds. The Hall–Kier alpha value is -1.56. The summed E-state index contributed by atoms with van der Waals surface area (Å²) in [6.07, 6.45) is 0. The van der Waals surface area contributed by atoms with Gasteiger partial charge in [0.2, 0.25) is 5.82 Å². The van der Waals surface area contributed by atoms with E-state index in [1.165, 1.54) is 24.3 Å². The van der Waals surface area contributed by atoms with Crippen LogP contribution in [-0.4, -0.2) is 0 Å². The van der Waals surface area contributed by atoms with Crippen LogP contribution in [0.4, 0.5) is 22.0 Å². The van der Waals surface area contributed by atoms with Crippen molar-refractivity contribution in [3.63, 3.8) is 0 Å². The molecule has 18 heavy (non-hydrogen) atoms. The second kappa shape index (κ2) is 4.61. The third-order valence-corrected chi connectivity index (χ3v) is 2.66. The third-order valence-electron chi connectivity index (χ3n) is 2.37. The highest BCUT2D eigenvalue weighted by molar-refractivity contribution is 7.80. The van der Waals surface area contributed by atoms with Crippen molar-refractivity contribution in [1.29, 1.82) is 0 Å². The number of rotatable bonds is 1. The van der Waals surface area contributed by atoms with Gasteiger partial charge in [-0.15, -0.1) is 12.6 Å². The summed E-state index contributed by atoms with van der Waals surface area (Å²) < 4.78 is 65.7. The standard InChI is InChI=1S/C12H5F5S/c13-8-7(5-1-3-6(18)4-2-5)9(14)11(16)12(17)10(8)15/h1-4,18H. The van der Waals surface area contributed by atoms with Gasteiger partial charge in [0, 0.05) is 4.90 Å². The fraction of sp³-hybridized carbons (Fsp3) is 0. The normalized spacial score (nSPS) is 10.8. The van der Waals surface area contributed by atoms with Crippen LogP contribution in [0.15, 0.2) is 29.2 Å². The molecule has 0 N–H and O–H groups in total. The second-order valence-corrected chi connectivity index (χ2v) is 4.01. The number of hydrogen-bond donors (Lipinski definition) is 1. The molecule has 0 fully saturated rings. The van der Waals surface area contributed by atoms with Gasteiger partial charge in [0.1, 0.15) is 0 Å². The van der Waals surface area contributed by atoms with E-state index in [9.17, 15) is 22.0 Å². The van der Waals surface area contributed by atoms with E-state index < -0.39 is 34.6 Å². The molecule has 2 aromatic carbocycles. The molecule has 0 unspecified atom stereocenters. The molecule has 2 aromatic rings. The number of halogens is 5. The van der Waals surface area contributed by atoms with E-state index in [1.807, 2.05) is 0 Å². The van der Waals surface area contributed by atoms with Gasteiger partial charge in [-0.3, -0.25) is 0 Å². The van der Waals surface area contributed by atoms with Gasteiger partial charge in [0.05, 0.1) is 5.56 Å². The summed E-state index contributed by atoms with van der Waals surface area (Å²) in [4.78, 5) is 0.502. The largest absolute Gasteiger partial charge is 0.203 e. The Morgan fingerprint density at radius 3 is 1.44 bits per heavy atom. The molecule has 94 valence electrons. The van der Waals surface area contributed by atoms with Crippen molar-refractivity contribution in [3.8, 4) is 11.1 Å². The van der Waals surface area contributed by atoms with E-state index in [0.29, 0.717) is 4.90 Å². The third kappa shape index (κ3) is 1.96. The molecule has 2 rings (SSSR count). The summed E-state index contributed by atoms with van der Waals surface area (Å²) in [6.45, 7) is 0. The van der Waals surface area contributed by atoms with E-state index in [-0.39, 0.29) is 5.56 Å². The lowest BCUT2D eigenvalue weighted by Crippen LogP contribution is -2.03. The van der Waals surface area contributed by atoms with Crippen LogP contribution >= 0.6 is 12.6 Å². The van der Waals surface area contributed by atoms with E-state index in [1.54, 1.807) is 0 Å². The predicted octanol–water partition coefficient (Wildman–Crippen LogP) is 4.34. The molecule has 0 aliphatic rings. The lowest BCUT2D eigenvalue weighted by atomic mass is 10.0. The van der Waals surface area contributed by atoms with Gasteiger partial charge in [0.25, 0.3) is 0 Å². The molecule has 0 radical (unpaired) electrons. The van der Waals surface area contributed by atoms with E-state index in [4.69, 9.17) is 0 Å². The van der Waals surface area contributed by atoms with Crippen LogP contribution < -0.4 is 0 Å². The molecule has 0 bridgehead atoms. The Morgan fingerprint density at radius 2 is 1.00 bits per heavy atom. The highest BCUT2D eigenvalue weighted by atomic mass is 32.1. The van der Waals surface area contributed by atoms with Gasteiger partial charge in [-0.2, -0.15) is 0 Å². The first-order valence-electron chi connectivity index (χ1n) is 4.74. The summed E-state index contributed by atoms with van der Waals surface area (Å²) in [6, 6.07) is 5.22. The molecule has 0 saturated heterocycles. The molecule has 6 heteroatoms. The Balaban J connectivity index is 2.75. The fourth-order valence-corrected chi connectivity index (χ4v) is 1.64. The number of thiol groups is 1. The molecule has 0 saturated carbocycles. The summed E-state index contributed by atoms with van der Waals surface area (Å²) in [7, 11) is 0. The zero-order valence-corrected chi connectivity index (χ0v) is 9.54. The van der Waals surface area contributed by atoms with Gasteiger partial charge in [0.15, 0.2) is 23.3 Å². The molecular weight excluding hydrogens is 271 g/mol. The lowest BCUT2D eigenvalue weighted by Gasteiger charge is -2.08. The van der Waals surface area contributed by atoms with Gasteiger partial charge in [-0.1, -0.05) is 12.1 Å². The predicted molar refractivity (Wildman–Crippen MR) is 58.9 cm³/mol. The van der Waals surface area contributed by atoms with Gasteiger partial charge in [-0.05, 0) is 17.7 Å². The number of hydrogen-bond acceptors (Lipinski definition) is 1. The zero-order chi connectivity index (χ0) is 13.4. The van der Waals surface area contributed by atoms with Crippen molar-refractivity contribution in [2.45, 2.75) is 4.90 Å². The maximum Gasteiger partial charge on any atom is 0.200 e. The van der Waals surface area contributed by atoms with Crippen LogP contribution in [0, 0.1) is 29.1 Å². The summed E-state index contributed by atoms with van der Waals surface area (Å²) in [5, 5.41) is 0. The zero-order valence-electron chi connectivity index (χ0n) is 8.65. The number of benzene rings is 2. The first-order chi connectivity index (χ1) is 8.43. The minimum atomic E-state index is -2.17. The topological polar surface area (TPSA) is 0 Å². The molecule has 0 aliphatic carbocycles. The average molecular weight is 276 g/mol. The summed E-state index contributed by atoms with van der Waals surface area (Å²) >= 11 is 3.96. The van der Waals surface area contributed by atoms with E-state index >= 15 is 0 Å². The van der Waals surface area contributed by atoms with Crippen molar-refractivity contribution in [2.24, 2.45) is 0 Å². The van der Waals surface area contributed by atoms with Crippen LogP contribution in [-0.2, 0) is 0 Å². The van der Waals surface area contributed by atoms with Crippen molar-refractivity contribution in [3.05, 3.63) is 53.4 Å². The van der Waals surface area contributed by atoms with Crippen LogP contribution in [0.25, 0.3) is 11.1 Å². The van der Waals surface area contributed by atoms with Crippen molar-refractivity contribution in [1.82, 2.24) is 0 Å². The van der Waals surface area contributed by atoms with Crippen LogP contribution in [0.5, 0.6) is 0 Å². The smallest absolute Gasteiger partial charge is 0.200 e. The molecule has 0 aliphatic heterocycles. The Labute approximate surface area is 104 Å². The van der Waals surface area contributed by atoms with Crippen LogP contribution in [0.2, 0.25) is 0 Å². The lowest BCUT2D eigenvalue weighted by molar-refractivity contribution is 0.381. The molecular formula is C12H5F5S. The first kappa shape index (κ1) is 12.9. The minimum Gasteiger partial charge on any atom is -0.203 e. The van der Waals surface area contributed by atoms with Gasteiger partial charge < -0.3 is 0 Å². The van der Waals surface area contributed by atoms with E-state index in [2.05, 4.69) is 12.6 Å². The molecule has 0 aromatic heterocycles. The average Bonchev–Trinajstić information content (AvgIpc) is 2.36. The first-order valence-corrected chi connectivity index (χ1v) is 5.19. The van der Waals surface area contributed by atoms with Gasteiger partial charge in [-0.25, -0.2) is 22.0 Å². The minimum absolute atomic E-state index is 0.111. The van der Waals surface area contributed by atoms with Crippen molar-refractivity contribution in [2.75, 3.05) is 0 Å².